The van der Waals surface area contributed by atoms with Gasteiger partial charge in [0.15, 0.2) is 0 Å². The summed E-state index contributed by atoms with van der Waals surface area (Å²) in [5, 5.41) is 3.26. The molecule has 1 saturated carbocycles. The third-order valence-corrected chi connectivity index (χ3v) is 6.02. The van der Waals surface area contributed by atoms with E-state index in [1.807, 2.05) is 0 Å². The Morgan fingerprint density at radius 1 is 1.00 bits per heavy atom. The molecule has 3 rings (SSSR count). The first kappa shape index (κ1) is 16.3. The van der Waals surface area contributed by atoms with Crippen molar-refractivity contribution in [1.82, 2.24) is 15.1 Å². The van der Waals surface area contributed by atoms with Crippen molar-refractivity contribution in [2.75, 3.05) is 26.2 Å². The number of hydrogen-bond donors (Lipinski definition) is 1. The SMILES string of the molecule is CC(C)N1CCC(N2CCC[C@@H](C(=O)NC3CCC3)C2)CC1. The maximum absolute atomic E-state index is 12.4. The van der Waals surface area contributed by atoms with Crippen LogP contribution in [0.15, 0.2) is 0 Å². The normalized spacial score (nSPS) is 29.5. The maximum Gasteiger partial charge on any atom is 0.224 e. The summed E-state index contributed by atoms with van der Waals surface area (Å²) in [4.78, 5) is 17.6. The number of piperidine rings is 2. The zero-order chi connectivity index (χ0) is 15.5. The topological polar surface area (TPSA) is 35.6 Å². The van der Waals surface area contributed by atoms with Crippen LogP contribution in [0.5, 0.6) is 0 Å². The van der Waals surface area contributed by atoms with Crippen molar-refractivity contribution < 1.29 is 4.79 Å². The third kappa shape index (κ3) is 3.83. The number of carbonyl (C=O) groups excluding carboxylic acids is 1. The summed E-state index contributed by atoms with van der Waals surface area (Å²) in [6, 6.07) is 1.86. The summed E-state index contributed by atoms with van der Waals surface area (Å²) in [5.74, 6) is 0.562. The van der Waals surface area contributed by atoms with Gasteiger partial charge in [0.25, 0.3) is 0 Å². The fraction of sp³-hybridized carbons (Fsp3) is 0.944. The predicted molar refractivity (Wildman–Crippen MR) is 89.8 cm³/mol. The maximum atomic E-state index is 12.4. The van der Waals surface area contributed by atoms with Gasteiger partial charge in [0, 0.05) is 24.7 Å². The number of nitrogens with zero attached hydrogens (tertiary/aromatic N) is 2. The monoisotopic (exact) mass is 307 g/mol. The van der Waals surface area contributed by atoms with Crippen molar-refractivity contribution in [3.63, 3.8) is 0 Å². The number of likely N-dealkylation sites (tertiary alicyclic amines) is 2. The first-order chi connectivity index (χ1) is 10.6. The van der Waals surface area contributed by atoms with Gasteiger partial charge < -0.3 is 10.2 Å². The molecule has 1 atom stereocenters. The largest absolute Gasteiger partial charge is 0.353 e. The average molecular weight is 307 g/mol. The molecule has 2 aliphatic heterocycles. The third-order valence-electron chi connectivity index (χ3n) is 6.02. The van der Waals surface area contributed by atoms with E-state index in [4.69, 9.17) is 0 Å². The fourth-order valence-electron chi connectivity index (χ4n) is 4.19. The van der Waals surface area contributed by atoms with Gasteiger partial charge in [0.05, 0.1) is 5.92 Å². The quantitative estimate of drug-likeness (QED) is 0.865. The first-order valence-corrected chi connectivity index (χ1v) is 9.42. The lowest BCUT2D eigenvalue weighted by Gasteiger charge is -2.43. The Kier molecular flexibility index (Phi) is 5.40. The minimum absolute atomic E-state index is 0.234. The highest BCUT2D eigenvalue weighted by atomic mass is 16.2. The van der Waals surface area contributed by atoms with Crippen LogP contribution < -0.4 is 5.32 Å². The summed E-state index contributed by atoms with van der Waals surface area (Å²) in [6.45, 7) is 9.21. The van der Waals surface area contributed by atoms with Gasteiger partial charge in [0.1, 0.15) is 0 Å². The second-order valence-corrected chi connectivity index (χ2v) is 7.83. The van der Waals surface area contributed by atoms with E-state index in [0.29, 0.717) is 24.0 Å². The minimum Gasteiger partial charge on any atom is -0.353 e. The Bertz CT molecular complexity index is 373. The van der Waals surface area contributed by atoms with Crippen LogP contribution >= 0.6 is 0 Å². The molecule has 0 aromatic carbocycles. The molecule has 1 N–H and O–H groups in total. The number of rotatable bonds is 4. The minimum atomic E-state index is 0.234. The second-order valence-electron chi connectivity index (χ2n) is 7.83. The molecule has 0 bridgehead atoms. The molecular formula is C18H33N3O. The summed E-state index contributed by atoms with van der Waals surface area (Å²) >= 11 is 0. The fourth-order valence-corrected chi connectivity index (χ4v) is 4.19. The lowest BCUT2D eigenvalue weighted by molar-refractivity contribution is -0.128. The molecule has 2 heterocycles. The molecule has 1 aliphatic carbocycles. The summed E-state index contributed by atoms with van der Waals surface area (Å²) in [5.41, 5.74) is 0. The number of hydrogen-bond acceptors (Lipinski definition) is 3. The average Bonchev–Trinajstić information content (AvgIpc) is 2.51. The number of amides is 1. The van der Waals surface area contributed by atoms with E-state index in [2.05, 4.69) is 29.0 Å². The Hall–Kier alpha value is -0.610. The van der Waals surface area contributed by atoms with Crippen molar-refractivity contribution in [3.05, 3.63) is 0 Å². The van der Waals surface area contributed by atoms with E-state index in [-0.39, 0.29) is 5.92 Å². The summed E-state index contributed by atoms with van der Waals surface area (Å²) in [6.07, 6.45) is 8.49. The zero-order valence-electron chi connectivity index (χ0n) is 14.4. The van der Waals surface area contributed by atoms with Gasteiger partial charge in [-0.25, -0.2) is 0 Å². The van der Waals surface area contributed by atoms with Crippen LogP contribution in [0.3, 0.4) is 0 Å². The van der Waals surface area contributed by atoms with Gasteiger partial charge in [-0.2, -0.15) is 0 Å². The highest BCUT2D eigenvalue weighted by molar-refractivity contribution is 5.79. The van der Waals surface area contributed by atoms with E-state index in [0.717, 1.165) is 13.0 Å². The van der Waals surface area contributed by atoms with Gasteiger partial charge in [-0.3, -0.25) is 9.69 Å². The lowest BCUT2D eigenvalue weighted by atomic mass is 9.90. The molecule has 4 heteroatoms. The molecule has 0 radical (unpaired) electrons. The van der Waals surface area contributed by atoms with Crippen molar-refractivity contribution in [2.45, 2.75) is 76.9 Å². The smallest absolute Gasteiger partial charge is 0.224 e. The van der Waals surface area contributed by atoms with Crippen LogP contribution in [0.2, 0.25) is 0 Å². The van der Waals surface area contributed by atoms with E-state index < -0.39 is 0 Å². The first-order valence-electron chi connectivity index (χ1n) is 9.42. The highest BCUT2D eigenvalue weighted by Crippen LogP contribution is 2.26. The second kappa shape index (κ2) is 7.31. The van der Waals surface area contributed by atoms with Crippen molar-refractivity contribution in [3.8, 4) is 0 Å². The Labute approximate surface area is 135 Å². The van der Waals surface area contributed by atoms with Gasteiger partial charge in [0.2, 0.25) is 5.91 Å². The molecular weight excluding hydrogens is 274 g/mol. The van der Waals surface area contributed by atoms with Crippen LogP contribution in [0.25, 0.3) is 0 Å². The predicted octanol–water partition coefficient (Wildman–Crippen LogP) is 2.24. The molecule has 2 saturated heterocycles. The van der Waals surface area contributed by atoms with E-state index >= 15 is 0 Å². The van der Waals surface area contributed by atoms with Crippen LogP contribution in [0, 0.1) is 5.92 Å². The van der Waals surface area contributed by atoms with E-state index in [1.165, 1.54) is 58.2 Å². The van der Waals surface area contributed by atoms with Gasteiger partial charge in [-0.15, -0.1) is 0 Å². The molecule has 1 amide bonds. The molecule has 4 nitrogen and oxygen atoms in total. The lowest BCUT2D eigenvalue weighted by Crippen LogP contribution is -2.52. The molecule has 3 fully saturated rings. The molecule has 0 aromatic rings. The van der Waals surface area contributed by atoms with Gasteiger partial charge in [-0.05, 0) is 78.4 Å². The van der Waals surface area contributed by atoms with Gasteiger partial charge in [-0.1, -0.05) is 0 Å². The van der Waals surface area contributed by atoms with Crippen molar-refractivity contribution >= 4 is 5.91 Å². The summed E-state index contributed by atoms with van der Waals surface area (Å²) < 4.78 is 0. The van der Waals surface area contributed by atoms with Gasteiger partial charge >= 0.3 is 0 Å². The van der Waals surface area contributed by atoms with Crippen LogP contribution in [0.4, 0.5) is 0 Å². The molecule has 0 unspecified atom stereocenters. The molecule has 22 heavy (non-hydrogen) atoms. The number of carbonyl (C=O) groups is 1. The van der Waals surface area contributed by atoms with E-state index in [1.54, 1.807) is 0 Å². The molecule has 126 valence electrons. The Morgan fingerprint density at radius 2 is 1.73 bits per heavy atom. The molecule has 0 aromatic heterocycles. The van der Waals surface area contributed by atoms with Crippen LogP contribution in [0.1, 0.15) is 58.8 Å². The summed E-state index contributed by atoms with van der Waals surface area (Å²) in [7, 11) is 0. The van der Waals surface area contributed by atoms with Crippen molar-refractivity contribution in [1.29, 1.82) is 0 Å². The van der Waals surface area contributed by atoms with Crippen LogP contribution in [-0.4, -0.2) is 60.0 Å². The molecule has 3 aliphatic rings. The van der Waals surface area contributed by atoms with Crippen LogP contribution in [-0.2, 0) is 4.79 Å². The molecule has 0 spiro atoms. The zero-order valence-corrected chi connectivity index (χ0v) is 14.4. The number of nitrogens with one attached hydrogen (secondary N) is 1. The van der Waals surface area contributed by atoms with Crippen molar-refractivity contribution in [2.24, 2.45) is 5.92 Å². The Morgan fingerprint density at radius 3 is 2.32 bits per heavy atom. The van der Waals surface area contributed by atoms with E-state index in [9.17, 15) is 4.79 Å². The standard InChI is InChI=1S/C18H33N3O/c1-14(2)20-11-8-17(9-12-20)21-10-4-5-15(13-21)18(22)19-16-6-3-7-16/h14-17H,3-13H2,1-2H3,(H,19,22)/t15-/m1/s1. The Balaban J connectivity index is 1.47. The highest BCUT2D eigenvalue weighted by Gasteiger charge is 2.33.